The summed E-state index contributed by atoms with van der Waals surface area (Å²) in [5, 5.41) is 0. The monoisotopic (exact) mass is 295 g/mol. The van der Waals surface area contributed by atoms with Crippen molar-refractivity contribution in [3.8, 4) is 0 Å². The summed E-state index contributed by atoms with van der Waals surface area (Å²) in [6.07, 6.45) is 4.07. The predicted molar refractivity (Wildman–Crippen MR) is 82.4 cm³/mol. The van der Waals surface area contributed by atoms with Gasteiger partial charge in [-0.2, -0.15) is 0 Å². The zero-order chi connectivity index (χ0) is 14.8. The highest BCUT2D eigenvalue weighted by molar-refractivity contribution is 7.09. The predicted octanol–water partition coefficient (Wildman–Crippen LogP) is 2.57. The molecule has 1 aromatic rings. The second-order valence-electron chi connectivity index (χ2n) is 6.19. The van der Waals surface area contributed by atoms with Crippen LogP contribution in [0.5, 0.6) is 0 Å². The fraction of sp³-hybridized carbons (Fsp3) is 0.733. The zero-order valence-electron chi connectivity index (χ0n) is 12.7. The molecule has 0 saturated heterocycles. The van der Waals surface area contributed by atoms with Crippen LogP contribution in [0.15, 0.2) is 5.51 Å². The van der Waals surface area contributed by atoms with Gasteiger partial charge >= 0.3 is 0 Å². The van der Waals surface area contributed by atoms with Crippen molar-refractivity contribution in [2.45, 2.75) is 46.1 Å². The minimum atomic E-state index is -0.333. The van der Waals surface area contributed by atoms with Crippen molar-refractivity contribution in [2.75, 3.05) is 13.6 Å². The summed E-state index contributed by atoms with van der Waals surface area (Å²) >= 11 is 1.61. The molecule has 1 aromatic heterocycles. The van der Waals surface area contributed by atoms with Crippen LogP contribution in [0.4, 0.5) is 0 Å². The molecule has 2 rings (SSSR count). The van der Waals surface area contributed by atoms with Gasteiger partial charge in [0.1, 0.15) is 0 Å². The normalized spacial score (nSPS) is 26.5. The van der Waals surface area contributed by atoms with E-state index < -0.39 is 0 Å². The summed E-state index contributed by atoms with van der Waals surface area (Å²) < 4.78 is 0. The van der Waals surface area contributed by atoms with Crippen molar-refractivity contribution in [2.24, 2.45) is 17.1 Å². The molecule has 0 atom stereocenters. The number of rotatable bonds is 4. The molecule has 112 valence electrons. The summed E-state index contributed by atoms with van der Waals surface area (Å²) in [6.45, 7) is 5.36. The van der Waals surface area contributed by atoms with Gasteiger partial charge < -0.3 is 10.6 Å². The lowest BCUT2D eigenvalue weighted by molar-refractivity contribution is -0.143. The van der Waals surface area contributed by atoms with Crippen LogP contribution in [-0.4, -0.2) is 29.4 Å². The van der Waals surface area contributed by atoms with Crippen LogP contribution in [0.25, 0.3) is 0 Å². The first-order valence-electron chi connectivity index (χ1n) is 7.33. The Morgan fingerprint density at radius 3 is 2.70 bits per heavy atom. The molecule has 0 unspecified atom stereocenters. The minimum Gasteiger partial charge on any atom is -0.340 e. The van der Waals surface area contributed by atoms with E-state index in [1.54, 1.807) is 11.3 Å². The Balaban J connectivity index is 2.06. The second-order valence-corrected chi connectivity index (χ2v) is 7.13. The van der Waals surface area contributed by atoms with Crippen LogP contribution in [0.2, 0.25) is 0 Å². The third-order valence-corrected chi connectivity index (χ3v) is 5.57. The molecule has 1 amide bonds. The molecule has 0 aliphatic heterocycles. The van der Waals surface area contributed by atoms with Crippen LogP contribution >= 0.6 is 11.3 Å². The third kappa shape index (κ3) is 3.04. The van der Waals surface area contributed by atoms with E-state index in [2.05, 4.69) is 11.9 Å². The number of carbonyl (C=O) groups is 1. The minimum absolute atomic E-state index is 0.208. The highest BCUT2D eigenvalue weighted by Gasteiger charge is 2.41. The van der Waals surface area contributed by atoms with Crippen molar-refractivity contribution in [3.63, 3.8) is 0 Å². The maximum absolute atomic E-state index is 12.8. The number of carbonyl (C=O) groups excluding carboxylic acids is 1. The Bertz CT molecular complexity index is 463. The van der Waals surface area contributed by atoms with Crippen LogP contribution in [-0.2, 0) is 11.3 Å². The number of hydrogen-bond acceptors (Lipinski definition) is 4. The highest BCUT2D eigenvalue weighted by atomic mass is 32.1. The van der Waals surface area contributed by atoms with Gasteiger partial charge in [0.2, 0.25) is 5.91 Å². The molecule has 2 N–H and O–H groups in total. The number of nitrogens with zero attached hydrogens (tertiary/aromatic N) is 2. The first-order valence-corrected chi connectivity index (χ1v) is 8.21. The number of aryl methyl sites for hydroxylation is 1. The zero-order valence-corrected chi connectivity index (χ0v) is 13.5. The van der Waals surface area contributed by atoms with E-state index in [1.807, 2.05) is 24.4 Å². The first-order chi connectivity index (χ1) is 9.48. The number of thiazole rings is 1. The molecular formula is C15H25N3OS. The van der Waals surface area contributed by atoms with E-state index in [4.69, 9.17) is 5.73 Å². The quantitative estimate of drug-likeness (QED) is 0.928. The third-order valence-electron chi connectivity index (χ3n) is 4.65. The van der Waals surface area contributed by atoms with Gasteiger partial charge in [-0.25, -0.2) is 4.98 Å². The van der Waals surface area contributed by atoms with Gasteiger partial charge in [0.05, 0.1) is 23.2 Å². The van der Waals surface area contributed by atoms with Gasteiger partial charge in [-0.05, 0) is 38.5 Å². The Morgan fingerprint density at radius 2 is 2.20 bits per heavy atom. The van der Waals surface area contributed by atoms with E-state index in [0.29, 0.717) is 13.1 Å². The largest absolute Gasteiger partial charge is 0.340 e. The molecular weight excluding hydrogens is 270 g/mol. The molecule has 0 radical (unpaired) electrons. The molecule has 1 saturated carbocycles. The van der Waals surface area contributed by atoms with Crippen molar-refractivity contribution in [3.05, 3.63) is 16.1 Å². The molecule has 0 bridgehead atoms. The topological polar surface area (TPSA) is 59.2 Å². The second kappa shape index (κ2) is 6.22. The van der Waals surface area contributed by atoms with Gasteiger partial charge in [0.25, 0.3) is 0 Å². The van der Waals surface area contributed by atoms with Crippen LogP contribution < -0.4 is 5.73 Å². The Morgan fingerprint density at radius 1 is 1.55 bits per heavy atom. The summed E-state index contributed by atoms with van der Waals surface area (Å²) in [6, 6.07) is 0. The molecule has 0 aromatic carbocycles. The van der Waals surface area contributed by atoms with Crippen LogP contribution in [0, 0.1) is 18.3 Å². The summed E-state index contributed by atoms with van der Waals surface area (Å²) in [5.74, 6) is 0.927. The highest BCUT2D eigenvalue weighted by Crippen LogP contribution is 2.39. The Hall–Kier alpha value is -0.940. The molecule has 1 aliphatic rings. The van der Waals surface area contributed by atoms with Crippen LogP contribution in [0.3, 0.4) is 0 Å². The van der Waals surface area contributed by atoms with Gasteiger partial charge in [-0.1, -0.05) is 6.92 Å². The number of nitrogens with two attached hydrogens (primary N) is 1. The van der Waals surface area contributed by atoms with Crippen molar-refractivity contribution in [1.82, 2.24) is 9.88 Å². The van der Waals surface area contributed by atoms with Gasteiger partial charge in [-0.3, -0.25) is 4.79 Å². The SMILES string of the molecule is Cc1ncsc1CN(C)C(=O)C1(CN)CCC(C)CC1. The number of amides is 1. The van der Waals surface area contributed by atoms with E-state index in [0.717, 1.165) is 42.2 Å². The lowest BCUT2D eigenvalue weighted by atomic mass is 9.70. The van der Waals surface area contributed by atoms with E-state index >= 15 is 0 Å². The molecule has 1 heterocycles. The summed E-state index contributed by atoms with van der Waals surface area (Å²) in [5.41, 5.74) is 8.49. The van der Waals surface area contributed by atoms with Crippen LogP contribution in [0.1, 0.15) is 43.2 Å². The van der Waals surface area contributed by atoms with E-state index in [1.165, 1.54) is 0 Å². The molecule has 4 nitrogen and oxygen atoms in total. The van der Waals surface area contributed by atoms with Gasteiger partial charge in [-0.15, -0.1) is 11.3 Å². The summed E-state index contributed by atoms with van der Waals surface area (Å²) in [4.78, 5) is 20.1. The summed E-state index contributed by atoms with van der Waals surface area (Å²) in [7, 11) is 1.89. The smallest absolute Gasteiger partial charge is 0.230 e. The van der Waals surface area contributed by atoms with Gasteiger partial charge in [0, 0.05) is 18.5 Å². The standard InChI is InChI=1S/C15H25N3OS/c1-11-4-6-15(9-16,7-5-11)14(19)18(3)8-13-12(2)17-10-20-13/h10-11H,4-9,16H2,1-3H3. The van der Waals surface area contributed by atoms with Crippen molar-refractivity contribution in [1.29, 1.82) is 0 Å². The van der Waals surface area contributed by atoms with Gasteiger partial charge in [0.15, 0.2) is 0 Å². The lowest BCUT2D eigenvalue weighted by Crippen LogP contribution is -2.48. The number of hydrogen-bond donors (Lipinski definition) is 1. The number of aromatic nitrogens is 1. The molecule has 1 aliphatic carbocycles. The first kappa shape index (κ1) is 15.4. The Labute approximate surface area is 125 Å². The molecule has 20 heavy (non-hydrogen) atoms. The van der Waals surface area contributed by atoms with Crippen molar-refractivity contribution >= 4 is 17.2 Å². The van der Waals surface area contributed by atoms with E-state index in [-0.39, 0.29) is 11.3 Å². The molecule has 0 spiro atoms. The molecule has 1 fully saturated rings. The average molecular weight is 295 g/mol. The van der Waals surface area contributed by atoms with Crippen molar-refractivity contribution < 1.29 is 4.79 Å². The fourth-order valence-corrected chi connectivity index (χ4v) is 3.82. The van der Waals surface area contributed by atoms with E-state index in [9.17, 15) is 4.79 Å². The maximum atomic E-state index is 12.8. The molecule has 5 heteroatoms. The Kier molecular flexibility index (Phi) is 4.81. The fourth-order valence-electron chi connectivity index (χ4n) is 2.99. The average Bonchev–Trinajstić information content (AvgIpc) is 2.85. The maximum Gasteiger partial charge on any atom is 0.230 e. The lowest BCUT2D eigenvalue weighted by Gasteiger charge is -2.39.